The van der Waals surface area contributed by atoms with E-state index in [1.54, 1.807) is 12.1 Å². The van der Waals surface area contributed by atoms with Gasteiger partial charge in [-0.15, -0.1) is 0 Å². The Morgan fingerprint density at radius 2 is 1.70 bits per heavy atom. The van der Waals surface area contributed by atoms with E-state index in [9.17, 15) is 13.2 Å². The monoisotopic (exact) mass is 429 g/mol. The van der Waals surface area contributed by atoms with E-state index >= 15 is 0 Å². The number of piperidine rings is 1. The predicted octanol–water partition coefficient (Wildman–Crippen LogP) is 3.27. The van der Waals surface area contributed by atoms with Crippen LogP contribution >= 0.6 is 0 Å². The van der Waals surface area contributed by atoms with Crippen LogP contribution in [0.1, 0.15) is 19.3 Å². The third kappa shape index (κ3) is 6.57. The van der Waals surface area contributed by atoms with Crippen molar-refractivity contribution in [2.75, 3.05) is 49.7 Å². The smallest absolute Gasteiger partial charge is 0.224 e. The van der Waals surface area contributed by atoms with Crippen LogP contribution in [0, 0.1) is 5.92 Å². The first kappa shape index (κ1) is 22.3. The molecule has 1 amide bonds. The van der Waals surface area contributed by atoms with Crippen LogP contribution in [0.15, 0.2) is 59.5 Å². The quantitative estimate of drug-likeness (QED) is 0.697. The van der Waals surface area contributed by atoms with Gasteiger partial charge < -0.3 is 15.1 Å². The van der Waals surface area contributed by atoms with Gasteiger partial charge in [0.05, 0.1) is 4.90 Å². The van der Waals surface area contributed by atoms with E-state index in [1.807, 2.05) is 6.07 Å². The molecule has 0 saturated carbocycles. The maximum Gasteiger partial charge on any atom is 0.224 e. The molecule has 1 N–H and O–H groups in total. The molecule has 1 saturated heterocycles. The topological polar surface area (TPSA) is 69.7 Å². The number of nitrogens with one attached hydrogen (secondary N) is 1. The van der Waals surface area contributed by atoms with Crippen LogP contribution < -0.4 is 10.2 Å². The van der Waals surface area contributed by atoms with Gasteiger partial charge in [-0.3, -0.25) is 4.79 Å². The normalized spacial score (nSPS) is 15.7. The highest BCUT2D eigenvalue weighted by molar-refractivity contribution is 7.90. The molecule has 1 aliphatic heterocycles. The molecular formula is C23H31N3O3S. The first-order valence-electron chi connectivity index (χ1n) is 10.4. The van der Waals surface area contributed by atoms with Crippen molar-refractivity contribution in [2.45, 2.75) is 24.2 Å². The Kier molecular flexibility index (Phi) is 7.50. The van der Waals surface area contributed by atoms with Gasteiger partial charge in [-0.1, -0.05) is 18.2 Å². The molecule has 0 bridgehead atoms. The van der Waals surface area contributed by atoms with Crippen LogP contribution in [0.25, 0.3) is 0 Å². The second kappa shape index (κ2) is 10.1. The minimum Gasteiger partial charge on any atom is -0.373 e. The van der Waals surface area contributed by atoms with E-state index in [0.717, 1.165) is 39.0 Å². The number of likely N-dealkylation sites (N-methyl/N-ethyl adjacent to an activating group) is 1. The molecular weight excluding hydrogens is 398 g/mol. The summed E-state index contributed by atoms with van der Waals surface area (Å²) in [5.41, 5.74) is 1.86. The van der Waals surface area contributed by atoms with E-state index in [-0.39, 0.29) is 10.8 Å². The lowest BCUT2D eigenvalue weighted by Gasteiger charge is -2.33. The van der Waals surface area contributed by atoms with Gasteiger partial charge in [0.25, 0.3) is 0 Å². The zero-order valence-corrected chi connectivity index (χ0v) is 18.6. The number of amides is 1. The van der Waals surface area contributed by atoms with Crippen molar-refractivity contribution in [3.63, 3.8) is 0 Å². The Bertz CT molecular complexity index is 922. The van der Waals surface area contributed by atoms with Gasteiger partial charge >= 0.3 is 0 Å². The average Bonchev–Trinajstić information content (AvgIpc) is 2.73. The molecule has 1 heterocycles. The highest BCUT2D eigenvalue weighted by Gasteiger charge is 2.21. The molecule has 3 rings (SSSR count). The van der Waals surface area contributed by atoms with Crippen LogP contribution in [-0.2, 0) is 14.6 Å². The summed E-state index contributed by atoms with van der Waals surface area (Å²) in [5, 5.41) is 2.88. The van der Waals surface area contributed by atoms with Crippen molar-refractivity contribution >= 4 is 27.1 Å². The van der Waals surface area contributed by atoms with E-state index in [1.165, 1.54) is 24.1 Å². The van der Waals surface area contributed by atoms with Crippen molar-refractivity contribution in [2.24, 2.45) is 5.92 Å². The number of carbonyl (C=O) groups excluding carboxylic acids is 1. The standard InChI is InChI=1S/C23H31N3O3S/c1-25(21-6-4-3-5-7-21)16-17-26-14-12-19(13-15-26)18-23(27)24-20-8-10-22(11-9-20)30(2,28)29/h3-11,19H,12-18H2,1-2H3,(H,24,27). The lowest BCUT2D eigenvalue weighted by atomic mass is 9.93. The molecule has 30 heavy (non-hydrogen) atoms. The molecule has 0 atom stereocenters. The van der Waals surface area contributed by atoms with Gasteiger partial charge in [-0.2, -0.15) is 0 Å². The van der Waals surface area contributed by atoms with Gasteiger partial charge in [0, 0.05) is 44.2 Å². The number of likely N-dealkylation sites (tertiary alicyclic amines) is 1. The number of benzene rings is 2. The molecule has 0 aliphatic carbocycles. The largest absolute Gasteiger partial charge is 0.373 e. The van der Waals surface area contributed by atoms with Crippen LogP contribution in [0.2, 0.25) is 0 Å². The van der Waals surface area contributed by atoms with Crippen molar-refractivity contribution in [3.05, 3.63) is 54.6 Å². The van der Waals surface area contributed by atoms with Crippen LogP contribution in [0.4, 0.5) is 11.4 Å². The summed E-state index contributed by atoms with van der Waals surface area (Å²) in [5.74, 6) is 0.382. The first-order valence-corrected chi connectivity index (χ1v) is 12.3. The Morgan fingerprint density at radius 3 is 2.30 bits per heavy atom. The summed E-state index contributed by atoms with van der Waals surface area (Å²) in [6.45, 7) is 4.04. The van der Waals surface area contributed by atoms with Gasteiger partial charge in [-0.05, 0) is 68.2 Å². The van der Waals surface area contributed by atoms with E-state index in [4.69, 9.17) is 0 Å². The summed E-state index contributed by atoms with van der Waals surface area (Å²) >= 11 is 0. The van der Waals surface area contributed by atoms with Gasteiger partial charge in [0.1, 0.15) is 0 Å². The minimum absolute atomic E-state index is 0.00985. The van der Waals surface area contributed by atoms with Crippen molar-refractivity contribution in [1.82, 2.24) is 4.90 Å². The maximum atomic E-state index is 12.4. The predicted molar refractivity (Wildman–Crippen MR) is 122 cm³/mol. The van der Waals surface area contributed by atoms with E-state index in [0.29, 0.717) is 18.0 Å². The molecule has 0 aromatic heterocycles. The van der Waals surface area contributed by atoms with Crippen molar-refractivity contribution < 1.29 is 13.2 Å². The Balaban J connectivity index is 1.38. The minimum atomic E-state index is -3.22. The Morgan fingerprint density at radius 1 is 1.07 bits per heavy atom. The molecule has 0 radical (unpaired) electrons. The van der Waals surface area contributed by atoms with Gasteiger partial charge in [0.2, 0.25) is 5.91 Å². The molecule has 6 nitrogen and oxygen atoms in total. The highest BCUT2D eigenvalue weighted by Crippen LogP contribution is 2.22. The van der Waals surface area contributed by atoms with Gasteiger partial charge in [0.15, 0.2) is 9.84 Å². The number of hydrogen-bond donors (Lipinski definition) is 1. The lowest BCUT2D eigenvalue weighted by molar-refractivity contribution is -0.117. The molecule has 1 aliphatic rings. The fourth-order valence-corrected chi connectivity index (χ4v) is 4.41. The fraction of sp³-hybridized carbons (Fsp3) is 0.435. The molecule has 162 valence electrons. The Hall–Kier alpha value is -2.38. The molecule has 7 heteroatoms. The number of hydrogen-bond acceptors (Lipinski definition) is 5. The summed E-state index contributed by atoms with van der Waals surface area (Å²) in [6, 6.07) is 16.7. The number of rotatable bonds is 8. The van der Waals surface area contributed by atoms with Crippen LogP contribution in [0.5, 0.6) is 0 Å². The third-order valence-corrected chi connectivity index (χ3v) is 6.82. The van der Waals surface area contributed by atoms with Crippen molar-refractivity contribution in [3.8, 4) is 0 Å². The second-order valence-corrected chi connectivity index (χ2v) is 10.1. The number of carbonyl (C=O) groups is 1. The lowest BCUT2D eigenvalue weighted by Crippen LogP contribution is -2.39. The number of nitrogens with zero attached hydrogens (tertiary/aromatic N) is 2. The average molecular weight is 430 g/mol. The number of sulfone groups is 1. The zero-order chi connectivity index (χ0) is 21.6. The fourth-order valence-electron chi connectivity index (χ4n) is 3.78. The molecule has 2 aromatic rings. The number of anilines is 2. The molecule has 0 spiro atoms. The highest BCUT2D eigenvalue weighted by atomic mass is 32.2. The summed E-state index contributed by atoms with van der Waals surface area (Å²) in [7, 11) is -1.10. The van der Waals surface area contributed by atoms with Crippen molar-refractivity contribution in [1.29, 1.82) is 0 Å². The second-order valence-electron chi connectivity index (χ2n) is 8.09. The van der Waals surface area contributed by atoms with E-state index < -0.39 is 9.84 Å². The number of para-hydroxylation sites is 1. The summed E-state index contributed by atoms with van der Waals surface area (Å²) in [4.78, 5) is 17.4. The van der Waals surface area contributed by atoms with Crippen LogP contribution in [-0.4, -0.2) is 58.7 Å². The first-order chi connectivity index (χ1) is 14.3. The Labute approximate surface area is 179 Å². The SMILES string of the molecule is CN(CCN1CCC(CC(=O)Nc2ccc(S(C)(=O)=O)cc2)CC1)c1ccccc1. The van der Waals surface area contributed by atoms with E-state index in [2.05, 4.69) is 46.4 Å². The van der Waals surface area contributed by atoms with Crippen LogP contribution in [0.3, 0.4) is 0 Å². The third-order valence-electron chi connectivity index (χ3n) is 5.70. The summed E-state index contributed by atoms with van der Waals surface area (Å²) < 4.78 is 23.0. The molecule has 1 fully saturated rings. The van der Waals surface area contributed by atoms with Gasteiger partial charge in [-0.25, -0.2) is 8.42 Å². The summed E-state index contributed by atoms with van der Waals surface area (Å²) in [6.07, 6.45) is 3.73. The maximum absolute atomic E-state index is 12.4. The molecule has 0 unspecified atom stereocenters. The zero-order valence-electron chi connectivity index (χ0n) is 17.8. The molecule has 2 aromatic carbocycles.